The molecular formula is C13H14BrNO2S2. The summed E-state index contributed by atoms with van der Waals surface area (Å²) < 4.78 is 26.4. The van der Waals surface area contributed by atoms with Gasteiger partial charge in [0.05, 0.1) is 0 Å². The molecule has 2 rings (SSSR count). The molecule has 102 valence electrons. The van der Waals surface area contributed by atoms with Crippen molar-refractivity contribution in [1.82, 2.24) is 3.97 Å². The first-order valence-corrected chi connectivity index (χ1v) is 8.99. The van der Waals surface area contributed by atoms with E-state index in [9.17, 15) is 8.42 Å². The van der Waals surface area contributed by atoms with Gasteiger partial charge >= 0.3 is 0 Å². The molecule has 0 amide bonds. The number of hydrogen-bond donors (Lipinski definition) is 0. The van der Waals surface area contributed by atoms with Crippen LogP contribution in [-0.4, -0.2) is 12.4 Å². The van der Waals surface area contributed by atoms with Crippen LogP contribution in [0, 0.1) is 0 Å². The molecule has 0 fully saturated rings. The van der Waals surface area contributed by atoms with Crippen LogP contribution in [0.5, 0.6) is 0 Å². The van der Waals surface area contributed by atoms with Crippen molar-refractivity contribution in [1.29, 1.82) is 0 Å². The fourth-order valence-corrected chi connectivity index (χ4v) is 4.97. The Bertz CT molecular complexity index is 657. The lowest BCUT2D eigenvalue weighted by atomic mass is 10.1. The number of halogens is 1. The Morgan fingerprint density at radius 3 is 2.58 bits per heavy atom. The second-order valence-corrected chi connectivity index (χ2v) is 8.35. The minimum absolute atomic E-state index is 0.116. The molecule has 2 aromatic rings. The van der Waals surface area contributed by atoms with Gasteiger partial charge in [0.25, 0.3) is 0 Å². The summed E-state index contributed by atoms with van der Waals surface area (Å²) in [5.74, 6) is 0. The van der Waals surface area contributed by atoms with E-state index in [1.165, 1.54) is 22.4 Å². The van der Waals surface area contributed by atoms with Gasteiger partial charge in [-0.15, -0.1) is 17.9 Å². The van der Waals surface area contributed by atoms with E-state index in [0.29, 0.717) is 0 Å². The molecule has 19 heavy (non-hydrogen) atoms. The van der Waals surface area contributed by atoms with Crippen molar-refractivity contribution in [3.63, 3.8) is 0 Å². The molecule has 0 aliphatic heterocycles. The van der Waals surface area contributed by atoms with Crippen molar-refractivity contribution in [3.05, 3.63) is 59.1 Å². The minimum Gasteiger partial charge on any atom is -0.252 e. The zero-order chi connectivity index (χ0) is 14.0. The van der Waals surface area contributed by atoms with Crippen LogP contribution in [0.1, 0.15) is 27.4 Å². The summed E-state index contributed by atoms with van der Waals surface area (Å²) in [6.07, 6.45) is 4.56. The van der Waals surface area contributed by atoms with Crippen LogP contribution < -0.4 is 0 Å². The summed E-state index contributed by atoms with van der Waals surface area (Å²) in [7, 11) is -3.50. The SMILES string of the molecule is C=CC(c1ccsc1C(C)Br)S(=O)(=O)n1cccc1. The van der Waals surface area contributed by atoms with E-state index >= 15 is 0 Å². The predicted octanol–water partition coefficient (Wildman–Crippen LogP) is 4.11. The Hall–Kier alpha value is -0.850. The van der Waals surface area contributed by atoms with Crippen LogP contribution in [0.4, 0.5) is 0 Å². The van der Waals surface area contributed by atoms with E-state index in [4.69, 9.17) is 0 Å². The highest BCUT2D eigenvalue weighted by Gasteiger charge is 2.29. The lowest BCUT2D eigenvalue weighted by Crippen LogP contribution is -2.19. The van der Waals surface area contributed by atoms with Crippen LogP contribution in [0.3, 0.4) is 0 Å². The summed E-state index contributed by atoms with van der Waals surface area (Å²) in [5.41, 5.74) is 0.790. The van der Waals surface area contributed by atoms with E-state index in [1.807, 2.05) is 18.4 Å². The number of thiophene rings is 1. The smallest absolute Gasteiger partial charge is 0.249 e. The van der Waals surface area contributed by atoms with Crippen molar-refractivity contribution in [2.45, 2.75) is 17.0 Å². The first kappa shape index (κ1) is 14.6. The van der Waals surface area contributed by atoms with E-state index in [-0.39, 0.29) is 4.83 Å². The third kappa shape index (κ3) is 2.70. The molecule has 6 heteroatoms. The van der Waals surface area contributed by atoms with E-state index in [2.05, 4.69) is 22.5 Å². The largest absolute Gasteiger partial charge is 0.252 e. The van der Waals surface area contributed by atoms with Gasteiger partial charge in [0.15, 0.2) is 0 Å². The van der Waals surface area contributed by atoms with Gasteiger partial charge in [-0.25, -0.2) is 8.42 Å². The maximum Gasteiger partial charge on any atom is 0.249 e. The number of hydrogen-bond acceptors (Lipinski definition) is 3. The van der Waals surface area contributed by atoms with E-state index in [1.54, 1.807) is 23.5 Å². The zero-order valence-electron chi connectivity index (χ0n) is 10.4. The van der Waals surface area contributed by atoms with E-state index in [0.717, 1.165) is 10.4 Å². The summed E-state index contributed by atoms with van der Waals surface area (Å²) in [5, 5.41) is 1.17. The highest BCUT2D eigenvalue weighted by Crippen LogP contribution is 2.37. The fraction of sp³-hybridized carbons (Fsp3) is 0.231. The Kier molecular flexibility index (Phi) is 4.32. The second kappa shape index (κ2) is 5.64. The summed E-state index contributed by atoms with van der Waals surface area (Å²) in [6.45, 7) is 5.67. The maximum absolute atomic E-state index is 12.6. The molecular weight excluding hydrogens is 346 g/mol. The fourth-order valence-electron chi connectivity index (χ4n) is 1.92. The second-order valence-electron chi connectivity index (χ2n) is 4.07. The molecule has 0 aliphatic rings. The third-order valence-corrected chi connectivity index (χ3v) is 6.60. The standard InChI is InChI=1S/C13H14BrNO2S2/c1-3-12(11-6-9-18-13(11)10(2)14)19(16,17)15-7-4-5-8-15/h3-10,12H,1H2,2H3. The van der Waals surface area contributed by atoms with E-state index < -0.39 is 15.3 Å². The minimum atomic E-state index is -3.50. The Morgan fingerprint density at radius 1 is 1.42 bits per heavy atom. The van der Waals surface area contributed by atoms with Gasteiger partial charge in [0.1, 0.15) is 5.25 Å². The number of alkyl halides is 1. The average molecular weight is 360 g/mol. The topological polar surface area (TPSA) is 39.1 Å². The first-order valence-electron chi connectivity index (χ1n) is 5.69. The van der Waals surface area contributed by atoms with Crippen LogP contribution in [-0.2, 0) is 10.0 Å². The third-order valence-electron chi connectivity index (χ3n) is 2.80. The maximum atomic E-state index is 12.6. The van der Waals surface area contributed by atoms with Crippen molar-refractivity contribution in [2.24, 2.45) is 0 Å². The summed E-state index contributed by atoms with van der Waals surface area (Å²) in [6, 6.07) is 5.24. The molecule has 2 unspecified atom stereocenters. The number of aromatic nitrogens is 1. The quantitative estimate of drug-likeness (QED) is 0.595. The van der Waals surface area contributed by atoms with Gasteiger partial charge in [0, 0.05) is 22.1 Å². The first-order chi connectivity index (χ1) is 8.98. The molecule has 3 nitrogen and oxygen atoms in total. The Balaban J connectivity index is 2.52. The van der Waals surface area contributed by atoms with Gasteiger partial charge in [-0.2, -0.15) is 0 Å². The van der Waals surface area contributed by atoms with Crippen molar-refractivity contribution < 1.29 is 8.42 Å². The van der Waals surface area contributed by atoms with Crippen molar-refractivity contribution in [2.75, 3.05) is 0 Å². The highest BCUT2D eigenvalue weighted by atomic mass is 79.9. The van der Waals surface area contributed by atoms with Crippen LogP contribution in [0.2, 0.25) is 0 Å². The Labute approximate surface area is 125 Å². The highest BCUT2D eigenvalue weighted by molar-refractivity contribution is 9.09. The molecule has 0 spiro atoms. The number of nitrogens with zero attached hydrogens (tertiary/aromatic N) is 1. The van der Waals surface area contributed by atoms with Gasteiger partial charge < -0.3 is 0 Å². The van der Waals surface area contributed by atoms with Crippen molar-refractivity contribution >= 4 is 37.3 Å². The summed E-state index contributed by atoms with van der Waals surface area (Å²) >= 11 is 5.05. The lowest BCUT2D eigenvalue weighted by Gasteiger charge is -2.16. The number of rotatable bonds is 5. The molecule has 0 bridgehead atoms. The zero-order valence-corrected chi connectivity index (χ0v) is 13.6. The summed E-state index contributed by atoms with van der Waals surface area (Å²) in [4.78, 5) is 1.13. The molecule has 0 aliphatic carbocycles. The van der Waals surface area contributed by atoms with Gasteiger partial charge in [-0.05, 0) is 36.1 Å². The molecule has 0 saturated carbocycles. The molecule has 0 aromatic carbocycles. The average Bonchev–Trinajstić information content (AvgIpc) is 3.00. The monoisotopic (exact) mass is 359 g/mol. The predicted molar refractivity (Wildman–Crippen MR) is 83.3 cm³/mol. The molecule has 2 atom stereocenters. The van der Waals surface area contributed by atoms with Gasteiger partial charge in [0.2, 0.25) is 10.0 Å². The van der Waals surface area contributed by atoms with Gasteiger partial charge in [-0.3, -0.25) is 3.97 Å². The van der Waals surface area contributed by atoms with Crippen LogP contribution in [0.25, 0.3) is 0 Å². The van der Waals surface area contributed by atoms with Crippen LogP contribution in [0.15, 0.2) is 48.6 Å². The van der Waals surface area contributed by atoms with Crippen LogP contribution >= 0.6 is 27.3 Å². The normalized spacial score (nSPS) is 15.1. The van der Waals surface area contributed by atoms with Gasteiger partial charge in [-0.1, -0.05) is 22.0 Å². The molecule has 0 N–H and O–H groups in total. The molecule has 2 heterocycles. The molecule has 0 saturated heterocycles. The molecule has 2 aromatic heterocycles. The van der Waals surface area contributed by atoms with Crippen molar-refractivity contribution in [3.8, 4) is 0 Å². The Morgan fingerprint density at radius 2 is 2.05 bits per heavy atom. The lowest BCUT2D eigenvalue weighted by molar-refractivity contribution is 0.581. The molecule has 0 radical (unpaired) electrons.